The van der Waals surface area contributed by atoms with E-state index in [9.17, 15) is 4.79 Å². The summed E-state index contributed by atoms with van der Waals surface area (Å²) >= 11 is 6.05. The molecule has 1 amide bonds. The van der Waals surface area contributed by atoms with E-state index in [2.05, 4.69) is 15.1 Å². The Labute approximate surface area is 172 Å². The Morgan fingerprint density at radius 2 is 2.10 bits per heavy atom. The summed E-state index contributed by atoms with van der Waals surface area (Å²) in [5.74, 6) is 1.17. The van der Waals surface area contributed by atoms with Crippen molar-refractivity contribution in [3.05, 3.63) is 35.6 Å². The molecule has 0 aliphatic carbocycles. The number of carbonyl (C=O) groups is 1. The highest BCUT2D eigenvalue weighted by Crippen LogP contribution is 2.35. The zero-order valence-corrected chi connectivity index (χ0v) is 16.7. The minimum absolute atomic E-state index is 0.0502. The number of benzene rings is 1. The van der Waals surface area contributed by atoms with Gasteiger partial charge in [-0.3, -0.25) is 0 Å². The van der Waals surface area contributed by atoms with Gasteiger partial charge in [-0.1, -0.05) is 17.7 Å². The minimum atomic E-state index is -0.284. The zero-order chi connectivity index (χ0) is 20.4. The lowest BCUT2D eigenvalue weighted by molar-refractivity contribution is 0.0918. The molecule has 152 valence electrons. The van der Waals surface area contributed by atoms with Crippen molar-refractivity contribution in [1.82, 2.24) is 24.6 Å². The van der Waals surface area contributed by atoms with Crippen LogP contribution >= 0.6 is 11.6 Å². The SMILES string of the molecule is CCOC(=O)N1CCC(n2nc(Oc3cccc(Cl)c3)c3c(N)ncnc32)CC1. The molecule has 0 atom stereocenters. The Bertz CT molecular complexity index is 1030. The van der Waals surface area contributed by atoms with Gasteiger partial charge in [-0.15, -0.1) is 5.10 Å². The molecule has 0 saturated carbocycles. The van der Waals surface area contributed by atoms with Crippen LogP contribution in [0.25, 0.3) is 11.0 Å². The molecule has 9 nitrogen and oxygen atoms in total. The highest BCUT2D eigenvalue weighted by atomic mass is 35.5. The van der Waals surface area contributed by atoms with E-state index in [1.165, 1.54) is 6.33 Å². The second-order valence-corrected chi connectivity index (χ2v) is 7.12. The van der Waals surface area contributed by atoms with Crippen LogP contribution in [0.5, 0.6) is 11.6 Å². The third-order valence-corrected chi connectivity index (χ3v) is 5.07. The van der Waals surface area contributed by atoms with E-state index >= 15 is 0 Å². The predicted molar refractivity (Wildman–Crippen MR) is 108 cm³/mol. The van der Waals surface area contributed by atoms with Gasteiger partial charge in [0, 0.05) is 18.1 Å². The first kappa shape index (κ1) is 19.3. The summed E-state index contributed by atoms with van der Waals surface area (Å²) in [6, 6.07) is 7.09. The first-order chi connectivity index (χ1) is 14.1. The van der Waals surface area contributed by atoms with Gasteiger partial charge >= 0.3 is 6.09 Å². The van der Waals surface area contributed by atoms with Crippen molar-refractivity contribution in [3.8, 4) is 11.6 Å². The molecule has 0 unspecified atom stereocenters. The van der Waals surface area contributed by atoms with Gasteiger partial charge in [0.2, 0.25) is 0 Å². The van der Waals surface area contributed by atoms with Gasteiger partial charge in [-0.25, -0.2) is 19.4 Å². The topological polar surface area (TPSA) is 108 Å². The smallest absolute Gasteiger partial charge is 0.409 e. The molecule has 10 heteroatoms. The summed E-state index contributed by atoms with van der Waals surface area (Å²) in [4.78, 5) is 22.1. The number of halogens is 1. The Morgan fingerprint density at radius 3 is 2.83 bits per heavy atom. The van der Waals surface area contributed by atoms with Crippen molar-refractivity contribution in [1.29, 1.82) is 0 Å². The maximum Gasteiger partial charge on any atom is 0.409 e. The van der Waals surface area contributed by atoms with Gasteiger partial charge in [0.05, 0.1) is 12.6 Å². The summed E-state index contributed by atoms with van der Waals surface area (Å²) in [6.45, 7) is 3.32. The van der Waals surface area contributed by atoms with E-state index in [1.807, 2.05) is 4.68 Å². The zero-order valence-electron chi connectivity index (χ0n) is 15.9. The third kappa shape index (κ3) is 3.91. The Balaban J connectivity index is 1.62. The maximum atomic E-state index is 11.9. The fourth-order valence-corrected chi connectivity index (χ4v) is 3.62. The third-order valence-electron chi connectivity index (χ3n) is 4.83. The molecule has 0 spiro atoms. The Hall–Kier alpha value is -3.07. The standard InChI is InChI=1S/C19H21ClN6O3/c1-2-28-19(27)25-8-6-13(7-9-25)26-17-15(16(21)22-11-23-17)18(24-26)29-14-5-3-4-12(20)10-14/h3-5,10-11,13H,2,6-9H2,1H3,(H2,21,22,23). The highest BCUT2D eigenvalue weighted by Gasteiger charge is 2.28. The summed E-state index contributed by atoms with van der Waals surface area (Å²) in [6.07, 6.45) is 2.56. The number of fused-ring (bicyclic) bond motifs is 1. The predicted octanol–water partition coefficient (Wildman–Crippen LogP) is 3.65. The summed E-state index contributed by atoms with van der Waals surface area (Å²) in [7, 11) is 0. The first-order valence-corrected chi connectivity index (χ1v) is 9.78. The van der Waals surface area contributed by atoms with Crippen molar-refractivity contribution in [2.75, 3.05) is 25.4 Å². The van der Waals surface area contributed by atoms with Crippen LogP contribution in [0.3, 0.4) is 0 Å². The number of hydrogen-bond donors (Lipinski definition) is 1. The number of nitrogens with two attached hydrogens (primary N) is 1. The lowest BCUT2D eigenvalue weighted by Gasteiger charge is -2.31. The number of aromatic nitrogens is 4. The Kier molecular flexibility index (Phi) is 5.39. The maximum absolute atomic E-state index is 11.9. The van der Waals surface area contributed by atoms with E-state index in [-0.39, 0.29) is 12.1 Å². The quantitative estimate of drug-likeness (QED) is 0.691. The molecular formula is C19H21ClN6O3. The van der Waals surface area contributed by atoms with Gasteiger partial charge < -0.3 is 20.1 Å². The number of amides is 1. The fraction of sp³-hybridized carbons (Fsp3) is 0.368. The average molecular weight is 417 g/mol. The molecule has 1 aliphatic heterocycles. The van der Waals surface area contributed by atoms with Crippen LogP contribution in [0.4, 0.5) is 10.6 Å². The van der Waals surface area contributed by atoms with E-state index in [1.54, 1.807) is 36.1 Å². The lowest BCUT2D eigenvalue weighted by atomic mass is 10.1. The van der Waals surface area contributed by atoms with Crippen LogP contribution < -0.4 is 10.5 Å². The number of piperidine rings is 1. The van der Waals surface area contributed by atoms with Gasteiger partial charge in [-0.05, 0) is 38.0 Å². The van der Waals surface area contributed by atoms with Gasteiger partial charge in [0.25, 0.3) is 5.88 Å². The molecule has 29 heavy (non-hydrogen) atoms. The van der Waals surface area contributed by atoms with Crippen LogP contribution in [0, 0.1) is 0 Å². The number of anilines is 1. The molecule has 1 fully saturated rings. The van der Waals surface area contributed by atoms with Crippen LogP contribution in [0.1, 0.15) is 25.8 Å². The molecule has 0 bridgehead atoms. The first-order valence-electron chi connectivity index (χ1n) is 9.40. The lowest BCUT2D eigenvalue weighted by Crippen LogP contribution is -2.39. The Morgan fingerprint density at radius 1 is 1.31 bits per heavy atom. The van der Waals surface area contributed by atoms with Crippen molar-refractivity contribution in [2.24, 2.45) is 0 Å². The van der Waals surface area contributed by atoms with Gasteiger partial charge in [0.1, 0.15) is 23.3 Å². The molecule has 0 radical (unpaired) electrons. The second kappa shape index (κ2) is 8.12. The second-order valence-electron chi connectivity index (χ2n) is 6.68. The molecular weight excluding hydrogens is 396 g/mol. The monoisotopic (exact) mass is 416 g/mol. The van der Waals surface area contributed by atoms with Crippen LogP contribution in [-0.4, -0.2) is 50.4 Å². The summed E-state index contributed by atoms with van der Waals surface area (Å²) in [5, 5.41) is 5.75. The van der Waals surface area contributed by atoms with E-state index in [0.717, 1.165) is 12.8 Å². The number of carbonyl (C=O) groups excluding carboxylic acids is 1. The molecule has 2 N–H and O–H groups in total. The van der Waals surface area contributed by atoms with Gasteiger partial charge in [-0.2, -0.15) is 0 Å². The van der Waals surface area contributed by atoms with Crippen molar-refractivity contribution in [3.63, 3.8) is 0 Å². The number of likely N-dealkylation sites (tertiary alicyclic amines) is 1. The van der Waals surface area contributed by atoms with Crippen molar-refractivity contribution >= 4 is 34.5 Å². The molecule has 1 aromatic carbocycles. The number of nitrogen functional groups attached to an aromatic ring is 1. The van der Waals surface area contributed by atoms with Crippen LogP contribution in [0.15, 0.2) is 30.6 Å². The van der Waals surface area contributed by atoms with Crippen LogP contribution in [0.2, 0.25) is 5.02 Å². The van der Waals surface area contributed by atoms with E-state index < -0.39 is 0 Å². The van der Waals surface area contributed by atoms with Crippen LogP contribution in [-0.2, 0) is 4.74 Å². The number of ether oxygens (including phenoxy) is 2. The fourth-order valence-electron chi connectivity index (χ4n) is 3.44. The molecule has 1 aliphatic rings. The largest absolute Gasteiger partial charge is 0.450 e. The summed E-state index contributed by atoms with van der Waals surface area (Å²) in [5.41, 5.74) is 6.70. The molecule has 4 rings (SSSR count). The van der Waals surface area contributed by atoms with E-state index in [4.69, 9.17) is 26.8 Å². The van der Waals surface area contributed by atoms with E-state index in [0.29, 0.717) is 53.2 Å². The number of nitrogens with zero attached hydrogens (tertiary/aromatic N) is 5. The normalized spacial score (nSPS) is 14.9. The number of hydrogen-bond acceptors (Lipinski definition) is 7. The molecule has 2 aromatic heterocycles. The van der Waals surface area contributed by atoms with Crippen molar-refractivity contribution in [2.45, 2.75) is 25.8 Å². The molecule has 3 aromatic rings. The minimum Gasteiger partial charge on any atom is -0.450 e. The van der Waals surface area contributed by atoms with Crippen molar-refractivity contribution < 1.29 is 14.3 Å². The van der Waals surface area contributed by atoms with Gasteiger partial charge in [0.15, 0.2) is 5.65 Å². The molecule has 3 heterocycles. The summed E-state index contributed by atoms with van der Waals surface area (Å²) < 4.78 is 12.9. The number of rotatable bonds is 4. The average Bonchev–Trinajstić information content (AvgIpc) is 3.08. The molecule has 1 saturated heterocycles. The highest BCUT2D eigenvalue weighted by molar-refractivity contribution is 6.30.